The monoisotopic (exact) mass is 386 g/mol. The van der Waals surface area contributed by atoms with Gasteiger partial charge in [0, 0.05) is 16.8 Å². The van der Waals surface area contributed by atoms with Crippen molar-refractivity contribution in [2.75, 3.05) is 10.6 Å². The fourth-order valence-corrected chi connectivity index (χ4v) is 2.99. The quantitative estimate of drug-likeness (QED) is 0.613. The first-order chi connectivity index (χ1) is 13.8. The molecular weight excluding hydrogens is 360 g/mol. The van der Waals surface area contributed by atoms with Crippen LogP contribution in [0.15, 0.2) is 84.9 Å². The second-order valence-electron chi connectivity index (χ2n) is 8.03. The molecule has 2 amide bonds. The van der Waals surface area contributed by atoms with Crippen LogP contribution in [-0.2, 0) is 9.59 Å². The average Bonchev–Trinajstić information content (AvgIpc) is 2.69. The fraction of sp³-hybridized carbons (Fsp3) is 0.200. The molecule has 0 unspecified atom stereocenters. The lowest BCUT2D eigenvalue weighted by atomic mass is 9.90. The van der Waals surface area contributed by atoms with E-state index in [1.807, 2.05) is 99.6 Å². The Kier molecular flexibility index (Phi) is 6.13. The summed E-state index contributed by atoms with van der Waals surface area (Å²) in [5.74, 6) is -0.626. The molecule has 0 aliphatic carbocycles. The Morgan fingerprint density at radius 2 is 1.17 bits per heavy atom. The third-order valence-corrected chi connectivity index (χ3v) is 4.60. The van der Waals surface area contributed by atoms with Gasteiger partial charge in [0.2, 0.25) is 11.8 Å². The van der Waals surface area contributed by atoms with Gasteiger partial charge in [-0.05, 0) is 29.3 Å². The van der Waals surface area contributed by atoms with Crippen molar-refractivity contribution in [1.29, 1.82) is 0 Å². The van der Waals surface area contributed by atoms with E-state index in [1.54, 1.807) is 6.07 Å². The molecule has 0 spiro atoms. The average molecular weight is 386 g/mol. The van der Waals surface area contributed by atoms with Crippen LogP contribution in [0, 0.1) is 5.41 Å². The van der Waals surface area contributed by atoms with Crippen LogP contribution in [0.5, 0.6) is 0 Å². The smallest absolute Gasteiger partial charge is 0.236 e. The Morgan fingerprint density at radius 3 is 1.66 bits per heavy atom. The fourth-order valence-electron chi connectivity index (χ4n) is 2.99. The van der Waals surface area contributed by atoms with Gasteiger partial charge in [0.05, 0.1) is 5.92 Å². The van der Waals surface area contributed by atoms with Crippen molar-refractivity contribution in [2.45, 2.75) is 26.7 Å². The maximum atomic E-state index is 13.2. The van der Waals surface area contributed by atoms with Crippen LogP contribution in [0.3, 0.4) is 0 Å². The van der Waals surface area contributed by atoms with Crippen LogP contribution < -0.4 is 10.6 Å². The maximum Gasteiger partial charge on any atom is 0.236 e. The minimum atomic E-state index is -0.495. The Hall–Kier alpha value is -3.40. The third kappa shape index (κ3) is 5.32. The van der Waals surface area contributed by atoms with Crippen molar-refractivity contribution in [1.82, 2.24) is 0 Å². The van der Waals surface area contributed by atoms with E-state index in [-0.39, 0.29) is 11.8 Å². The highest BCUT2D eigenvalue weighted by Crippen LogP contribution is 2.27. The highest BCUT2D eigenvalue weighted by atomic mass is 16.2. The van der Waals surface area contributed by atoms with Crippen molar-refractivity contribution in [2.24, 2.45) is 5.41 Å². The zero-order valence-electron chi connectivity index (χ0n) is 17.0. The highest BCUT2D eigenvalue weighted by Gasteiger charge is 2.23. The number of hydrogen-bond donors (Lipinski definition) is 2. The summed E-state index contributed by atoms with van der Waals surface area (Å²) in [7, 11) is 0. The van der Waals surface area contributed by atoms with E-state index in [1.165, 1.54) is 0 Å². The molecule has 0 saturated heterocycles. The summed E-state index contributed by atoms with van der Waals surface area (Å²) >= 11 is 0. The van der Waals surface area contributed by atoms with Gasteiger partial charge >= 0.3 is 0 Å². The molecular formula is C25H26N2O2. The molecule has 0 aliphatic heterocycles. The number of carbonyl (C=O) groups is 2. The van der Waals surface area contributed by atoms with Crippen molar-refractivity contribution in [3.05, 3.63) is 96.1 Å². The lowest BCUT2D eigenvalue weighted by Crippen LogP contribution is -2.27. The molecule has 0 saturated carbocycles. The summed E-state index contributed by atoms with van der Waals surface area (Å²) in [5, 5.41) is 5.90. The van der Waals surface area contributed by atoms with Crippen LogP contribution >= 0.6 is 0 Å². The van der Waals surface area contributed by atoms with Crippen LogP contribution in [0.1, 0.15) is 37.8 Å². The van der Waals surface area contributed by atoms with E-state index in [9.17, 15) is 9.59 Å². The third-order valence-electron chi connectivity index (χ3n) is 4.60. The molecule has 0 fully saturated rings. The SMILES string of the molecule is CC(C)(C)C(=O)Nc1cccc(NC(=O)C(c2ccccc2)c2ccccc2)c1. The van der Waals surface area contributed by atoms with Crippen molar-refractivity contribution < 1.29 is 9.59 Å². The molecule has 3 rings (SSSR count). The van der Waals surface area contributed by atoms with E-state index >= 15 is 0 Å². The van der Waals surface area contributed by atoms with Crippen LogP contribution in [0.25, 0.3) is 0 Å². The van der Waals surface area contributed by atoms with Gasteiger partial charge in [0.1, 0.15) is 0 Å². The summed E-state index contributed by atoms with van der Waals surface area (Å²) < 4.78 is 0. The van der Waals surface area contributed by atoms with Gasteiger partial charge in [-0.1, -0.05) is 87.5 Å². The van der Waals surface area contributed by atoms with E-state index in [4.69, 9.17) is 0 Å². The molecule has 148 valence electrons. The number of hydrogen-bond acceptors (Lipinski definition) is 2. The summed E-state index contributed by atoms with van der Waals surface area (Å²) in [4.78, 5) is 25.5. The molecule has 0 aromatic heterocycles. The van der Waals surface area contributed by atoms with Crippen LogP contribution in [-0.4, -0.2) is 11.8 Å². The zero-order chi connectivity index (χ0) is 20.9. The number of carbonyl (C=O) groups excluding carboxylic acids is 2. The van der Waals surface area contributed by atoms with Crippen LogP contribution in [0.4, 0.5) is 11.4 Å². The van der Waals surface area contributed by atoms with Crippen molar-refractivity contribution in [3.8, 4) is 0 Å². The lowest BCUT2D eigenvalue weighted by Gasteiger charge is -2.19. The minimum absolute atomic E-state index is 0.0765. The van der Waals surface area contributed by atoms with E-state index in [0.29, 0.717) is 11.4 Å². The normalized spacial score (nSPS) is 11.2. The second-order valence-corrected chi connectivity index (χ2v) is 8.03. The van der Waals surface area contributed by atoms with E-state index < -0.39 is 11.3 Å². The summed E-state index contributed by atoms with van der Waals surface area (Å²) in [5.41, 5.74) is 2.64. The molecule has 29 heavy (non-hydrogen) atoms. The van der Waals surface area contributed by atoms with Gasteiger partial charge in [-0.25, -0.2) is 0 Å². The van der Waals surface area contributed by atoms with Gasteiger partial charge in [-0.3, -0.25) is 9.59 Å². The number of anilines is 2. The minimum Gasteiger partial charge on any atom is -0.326 e. The van der Waals surface area contributed by atoms with Crippen molar-refractivity contribution >= 4 is 23.2 Å². The Labute approximate surface area is 172 Å². The molecule has 0 heterocycles. The second kappa shape index (κ2) is 8.74. The topological polar surface area (TPSA) is 58.2 Å². The van der Waals surface area contributed by atoms with E-state index in [0.717, 1.165) is 11.1 Å². The zero-order valence-corrected chi connectivity index (χ0v) is 17.0. The lowest BCUT2D eigenvalue weighted by molar-refractivity contribution is -0.123. The summed E-state index contributed by atoms with van der Waals surface area (Å²) in [6.07, 6.45) is 0. The summed E-state index contributed by atoms with van der Waals surface area (Å²) in [6.45, 7) is 5.58. The van der Waals surface area contributed by atoms with Gasteiger partial charge < -0.3 is 10.6 Å². The molecule has 2 N–H and O–H groups in total. The molecule has 4 heteroatoms. The Balaban J connectivity index is 1.84. The van der Waals surface area contributed by atoms with Gasteiger partial charge in [0.15, 0.2) is 0 Å². The first kappa shape index (κ1) is 20.3. The number of nitrogens with one attached hydrogen (secondary N) is 2. The summed E-state index contributed by atoms with van der Waals surface area (Å²) in [6, 6.07) is 26.6. The highest BCUT2D eigenvalue weighted by molar-refractivity contribution is 5.99. The number of amides is 2. The molecule has 0 radical (unpaired) electrons. The molecule has 0 bridgehead atoms. The van der Waals surface area contributed by atoms with Gasteiger partial charge in [0.25, 0.3) is 0 Å². The molecule has 3 aromatic rings. The predicted molar refractivity (Wildman–Crippen MR) is 118 cm³/mol. The van der Waals surface area contributed by atoms with Gasteiger partial charge in [-0.15, -0.1) is 0 Å². The Morgan fingerprint density at radius 1 is 0.690 bits per heavy atom. The van der Waals surface area contributed by atoms with E-state index in [2.05, 4.69) is 10.6 Å². The molecule has 3 aromatic carbocycles. The molecule has 0 atom stereocenters. The molecule has 4 nitrogen and oxygen atoms in total. The number of benzene rings is 3. The Bertz CT molecular complexity index is 937. The van der Waals surface area contributed by atoms with Crippen LogP contribution in [0.2, 0.25) is 0 Å². The first-order valence-electron chi connectivity index (χ1n) is 9.67. The first-order valence-corrected chi connectivity index (χ1v) is 9.67. The van der Waals surface area contributed by atoms with Gasteiger partial charge in [-0.2, -0.15) is 0 Å². The molecule has 0 aliphatic rings. The largest absolute Gasteiger partial charge is 0.326 e. The predicted octanol–water partition coefficient (Wildman–Crippen LogP) is 5.44. The number of rotatable bonds is 5. The standard InChI is InChI=1S/C25H26N2O2/c1-25(2,3)24(29)27-21-16-10-15-20(17-21)26-23(28)22(18-11-6-4-7-12-18)19-13-8-5-9-14-19/h4-17,22H,1-3H3,(H,26,28)(H,27,29). The maximum absolute atomic E-state index is 13.2. The van der Waals surface area contributed by atoms with Crippen molar-refractivity contribution in [3.63, 3.8) is 0 Å².